The molecule has 2 rings (SSSR count). The Morgan fingerprint density at radius 3 is 2.43 bits per heavy atom. The van der Waals surface area contributed by atoms with Gasteiger partial charge in [-0.1, -0.05) is 12.1 Å². The monoisotopic (exact) mass is 420 g/mol. The molecule has 0 spiro atoms. The number of hydrogen-bond acceptors (Lipinski definition) is 3. The van der Waals surface area contributed by atoms with Crippen LogP contribution < -0.4 is 10.5 Å². The fraction of sp³-hybridized carbons (Fsp3) is 0. The first kappa shape index (κ1) is 15.9. The topological polar surface area (TPSA) is 89.3 Å². The highest BCUT2D eigenvalue weighted by atomic mass is 127. The Morgan fingerprint density at radius 1 is 1.19 bits per heavy atom. The molecule has 0 fully saturated rings. The molecule has 0 saturated heterocycles. The molecule has 110 valence electrons. The fourth-order valence-electron chi connectivity index (χ4n) is 1.65. The Morgan fingerprint density at radius 2 is 1.86 bits per heavy atom. The zero-order valence-electron chi connectivity index (χ0n) is 10.5. The highest BCUT2D eigenvalue weighted by Crippen LogP contribution is 2.19. The zero-order chi connectivity index (χ0) is 15.6. The summed E-state index contributed by atoms with van der Waals surface area (Å²) in [4.78, 5) is 11.4. The molecule has 0 heterocycles. The summed E-state index contributed by atoms with van der Waals surface area (Å²) in [5.41, 5.74) is 0.582. The summed E-state index contributed by atoms with van der Waals surface area (Å²) in [5, 5.41) is 7.36. The fourth-order valence-corrected chi connectivity index (χ4v) is 2.87. The van der Waals surface area contributed by atoms with Crippen LogP contribution in [0.5, 0.6) is 0 Å². The van der Waals surface area contributed by atoms with Crippen molar-refractivity contribution in [3.05, 3.63) is 57.4 Å². The van der Waals surface area contributed by atoms with Gasteiger partial charge in [0.25, 0.3) is 5.91 Å². The van der Waals surface area contributed by atoms with Crippen molar-refractivity contribution < 1.29 is 17.6 Å². The quantitative estimate of drug-likeness (QED) is 0.748. The molecule has 0 aliphatic heterocycles. The zero-order valence-corrected chi connectivity index (χ0v) is 13.5. The van der Waals surface area contributed by atoms with Gasteiger partial charge in [-0.05, 0) is 52.9 Å². The molecule has 0 radical (unpaired) electrons. The molecule has 8 heteroatoms. The van der Waals surface area contributed by atoms with Crippen molar-refractivity contribution in [2.45, 2.75) is 4.90 Å². The van der Waals surface area contributed by atoms with Crippen molar-refractivity contribution in [2.24, 2.45) is 5.14 Å². The number of primary sulfonamides is 1. The minimum absolute atomic E-state index is 0.143. The SMILES string of the molecule is NS(=O)(=O)c1ccc(NC(=O)c2ccccc2I)cc1F. The molecule has 21 heavy (non-hydrogen) atoms. The number of carbonyl (C=O) groups is 1. The van der Waals surface area contributed by atoms with Gasteiger partial charge in [-0.25, -0.2) is 17.9 Å². The molecule has 3 N–H and O–H groups in total. The van der Waals surface area contributed by atoms with Crippen LogP contribution in [-0.2, 0) is 10.0 Å². The summed E-state index contributed by atoms with van der Waals surface area (Å²) in [5.74, 6) is -1.43. The van der Waals surface area contributed by atoms with E-state index in [4.69, 9.17) is 5.14 Å². The largest absolute Gasteiger partial charge is 0.322 e. The standard InChI is InChI=1S/C13H10FIN2O3S/c14-10-7-8(5-6-12(10)21(16,19)20)17-13(18)9-3-1-2-4-11(9)15/h1-7H,(H,17,18)(H2,16,19,20). The van der Waals surface area contributed by atoms with Gasteiger partial charge in [0.05, 0.1) is 5.56 Å². The minimum Gasteiger partial charge on any atom is -0.322 e. The average Bonchev–Trinajstić information content (AvgIpc) is 2.37. The molecular formula is C13H10FIN2O3S. The molecule has 0 aliphatic rings. The van der Waals surface area contributed by atoms with Crippen LogP contribution in [0.1, 0.15) is 10.4 Å². The van der Waals surface area contributed by atoms with E-state index in [1.807, 2.05) is 22.6 Å². The van der Waals surface area contributed by atoms with Gasteiger partial charge in [-0.2, -0.15) is 0 Å². The van der Waals surface area contributed by atoms with Gasteiger partial charge in [0.2, 0.25) is 10.0 Å². The summed E-state index contributed by atoms with van der Waals surface area (Å²) in [6.45, 7) is 0. The molecule has 2 aromatic carbocycles. The molecule has 0 unspecified atom stereocenters. The second-order valence-corrected chi connectivity index (χ2v) is 6.82. The Labute approximate surface area is 134 Å². The maximum Gasteiger partial charge on any atom is 0.256 e. The van der Waals surface area contributed by atoms with E-state index in [1.165, 1.54) is 6.07 Å². The Kier molecular flexibility index (Phi) is 4.59. The number of benzene rings is 2. The number of amides is 1. The predicted octanol–water partition coefficient (Wildman–Crippen LogP) is 2.33. The van der Waals surface area contributed by atoms with Crippen LogP contribution in [0.15, 0.2) is 47.4 Å². The minimum atomic E-state index is -4.13. The summed E-state index contributed by atoms with van der Waals surface area (Å²) in [7, 11) is -4.13. The predicted molar refractivity (Wildman–Crippen MR) is 84.9 cm³/mol. The Balaban J connectivity index is 2.27. The molecule has 0 saturated carbocycles. The van der Waals surface area contributed by atoms with Crippen LogP contribution in [0.25, 0.3) is 0 Å². The van der Waals surface area contributed by atoms with E-state index in [1.54, 1.807) is 24.3 Å². The van der Waals surface area contributed by atoms with E-state index >= 15 is 0 Å². The van der Waals surface area contributed by atoms with Gasteiger partial charge >= 0.3 is 0 Å². The third kappa shape index (κ3) is 3.77. The lowest BCUT2D eigenvalue weighted by Gasteiger charge is -2.08. The van der Waals surface area contributed by atoms with Gasteiger partial charge in [0, 0.05) is 9.26 Å². The van der Waals surface area contributed by atoms with Crippen LogP contribution in [0, 0.1) is 9.39 Å². The number of nitrogens with one attached hydrogen (secondary N) is 1. The molecule has 0 bridgehead atoms. The van der Waals surface area contributed by atoms with Crippen molar-refractivity contribution in [1.29, 1.82) is 0 Å². The highest BCUT2D eigenvalue weighted by molar-refractivity contribution is 14.1. The molecule has 0 aromatic heterocycles. The molecule has 1 amide bonds. The van der Waals surface area contributed by atoms with Crippen LogP contribution in [-0.4, -0.2) is 14.3 Å². The smallest absolute Gasteiger partial charge is 0.256 e. The second kappa shape index (κ2) is 6.08. The first-order chi connectivity index (χ1) is 9.79. The number of sulfonamides is 1. The first-order valence-corrected chi connectivity index (χ1v) is 8.30. The number of carbonyl (C=O) groups excluding carboxylic acids is 1. The van der Waals surface area contributed by atoms with Crippen molar-refractivity contribution in [1.82, 2.24) is 0 Å². The van der Waals surface area contributed by atoms with Crippen molar-refractivity contribution in [3.8, 4) is 0 Å². The van der Waals surface area contributed by atoms with Crippen molar-refractivity contribution in [3.63, 3.8) is 0 Å². The van der Waals surface area contributed by atoms with Gasteiger partial charge in [0.15, 0.2) is 0 Å². The summed E-state index contributed by atoms with van der Waals surface area (Å²) in [6.07, 6.45) is 0. The van der Waals surface area contributed by atoms with Crippen LogP contribution in [0.3, 0.4) is 0 Å². The number of anilines is 1. The van der Waals surface area contributed by atoms with Gasteiger partial charge in [-0.3, -0.25) is 4.79 Å². The van der Waals surface area contributed by atoms with E-state index in [2.05, 4.69) is 5.32 Å². The molecule has 0 aliphatic carbocycles. The third-order valence-electron chi connectivity index (χ3n) is 2.61. The van der Waals surface area contributed by atoms with Gasteiger partial charge in [-0.15, -0.1) is 0 Å². The second-order valence-electron chi connectivity index (χ2n) is 4.12. The number of rotatable bonds is 3. The van der Waals surface area contributed by atoms with E-state index < -0.39 is 26.6 Å². The lowest BCUT2D eigenvalue weighted by molar-refractivity contribution is 0.102. The number of halogens is 2. The van der Waals surface area contributed by atoms with Gasteiger partial charge < -0.3 is 5.32 Å². The number of nitrogens with two attached hydrogens (primary N) is 1. The Hall–Kier alpha value is -1.52. The normalized spacial score (nSPS) is 11.2. The van der Waals surface area contributed by atoms with Crippen LogP contribution >= 0.6 is 22.6 Å². The van der Waals surface area contributed by atoms with Crippen LogP contribution in [0.2, 0.25) is 0 Å². The lowest BCUT2D eigenvalue weighted by atomic mass is 10.2. The molecular weight excluding hydrogens is 410 g/mol. The first-order valence-electron chi connectivity index (χ1n) is 5.67. The lowest BCUT2D eigenvalue weighted by Crippen LogP contribution is -2.16. The summed E-state index contributed by atoms with van der Waals surface area (Å²) >= 11 is 2.01. The maximum atomic E-state index is 13.7. The highest BCUT2D eigenvalue weighted by Gasteiger charge is 2.16. The Bertz CT molecular complexity index is 809. The molecule has 2 aromatic rings. The summed E-state index contributed by atoms with van der Waals surface area (Å²) < 4.78 is 36.6. The third-order valence-corrected chi connectivity index (χ3v) is 4.50. The number of hydrogen-bond donors (Lipinski definition) is 2. The molecule has 0 atom stereocenters. The van der Waals surface area contributed by atoms with E-state index in [-0.39, 0.29) is 5.69 Å². The van der Waals surface area contributed by atoms with Crippen molar-refractivity contribution >= 4 is 44.2 Å². The van der Waals surface area contributed by atoms with E-state index in [0.717, 1.165) is 15.7 Å². The average molecular weight is 420 g/mol. The maximum absolute atomic E-state index is 13.7. The van der Waals surface area contributed by atoms with Crippen LogP contribution in [0.4, 0.5) is 10.1 Å². The molecule has 5 nitrogen and oxygen atoms in total. The van der Waals surface area contributed by atoms with E-state index in [0.29, 0.717) is 5.56 Å². The van der Waals surface area contributed by atoms with Crippen molar-refractivity contribution in [2.75, 3.05) is 5.32 Å². The van der Waals surface area contributed by atoms with E-state index in [9.17, 15) is 17.6 Å². The summed E-state index contributed by atoms with van der Waals surface area (Å²) in [6, 6.07) is 10.1. The van der Waals surface area contributed by atoms with Gasteiger partial charge in [0.1, 0.15) is 10.7 Å².